The van der Waals surface area contributed by atoms with E-state index in [-0.39, 0.29) is 41.0 Å². The molecule has 0 amide bonds. The molecule has 4 aliphatic carbocycles. The van der Waals surface area contributed by atoms with Crippen molar-refractivity contribution in [3.63, 3.8) is 0 Å². The summed E-state index contributed by atoms with van der Waals surface area (Å²) >= 11 is 0. The summed E-state index contributed by atoms with van der Waals surface area (Å²) in [5, 5.41) is 26.8. The third kappa shape index (κ3) is 4.72. The number of hydrogen-bond acceptors (Lipinski definition) is 6. The fourth-order valence-corrected chi connectivity index (χ4v) is 9.22. The highest BCUT2D eigenvalue weighted by Gasteiger charge is 2.65. The van der Waals surface area contributed by atoms with E-state index < -0.39 is 0 Å². The number of fused-ring (bicyclic) bond motifs is 5. The Bertz CT molecular complexity index is 819. The van der Waals surface area contributed by atoms with Crippen LogP contribution in [-0.2, 0) is 14.3 Å². The Labute approximate surface area is 209 Å². The lowest BCUT2D eigenvalue weighted by atomic mass is 9.43. The van der Waals surface area contributed by atoms with Gasteiger partial charge in [0.1, 0.15) is 0 Å². The first kappa shape index (κ1) is 26.7. The molecule has 0 unspecified atom stereocenters. The number of rotatable bonds is 8. The molecule has 0 aromatic carbocycles. The van der Waals surface area contributed by atoms with Crippen LogP contribution in [0.4, 0.5) is 0 Å². The second-order valence-corrected chi connectivity index (χ2v) is 12.4. The number of nitrogens with zero attached hydrogens (tertiary/aromatic N) is 3. The van der Waals surface area contributed by atoms with Crippen LogP contribution in [0.1, 0.15) is 78.6 Å². The number of carbonyl (C=O) groups is 1. The monoisotopic (exact) mass is 491 g/mol. The maximum atomic E-state index is 11.7. The Kier molecular flexibility index (Phi) is 8.07. The molecule has 0 aromatic rings. The first-order valence-electron chi connectivity index (χ1n) is 13.7. The summed E-state index contributed by atoms with van der Waals surface area (Å²) in [5.41, 5.74) is 8.36. The van der Waals surface area contributed by atoms with Crippen molar-refractivity contribution in [3.05, 3.63) is 10.4 Å². The molecule has 4 aliphatic rings. The Morgan fingerprint density at radius 3 is 2.66 bits per heavy atom. The minimum absolute atomic E-state index is 0.103. The molecule has 0 aliphatic heterocycles. The zero-order chi connectivity index (χ0) is 25.4. The zero-order valence-corrected chi connectivity index (χ0v) is 21.9. The van der Waals surface area contributed by atoms with Gasteiger partial charge >= 0.3 is 5.97 Å². The van der Waals surface area contributed by atoms with Gasteiger partial charge in [0.15, 0.2) is 0 Å². The number of methoxy groups -OCH3 is 1. The lowest BCUT2D eigenvalue weighted by molar-refractivity contribution is -0.209. The van der Waals surface area contributed by atoms with Crippen LogP contribution in [0, 0.1) is 46.3 Å². The molecule has 0 aromatic heterocycles. The predicted octanol–water partition coefficient (Wildman–Crippen LogP) is 4.87. The Hall–Kier alpha value is -1.34. The molecule has 11 atom stereocenters. The van der Waals surface area contributed by atoms with Crippen molar-refractivity contribution in [1.82, 2.24) is 0 Å². The molecular formula is C27H45N3O5. The third-order valence-corrected chi connectivity index (χ3v) is 11.1. The van der Waals surface area contributed by atoms with Crippen LogP contribution < -0.4 is 0 Å². The van der Waals surface area contributed by atoms with Crippen LogP contribution in [0.3, 0.4) is 0 Å². The summed E-state index contributed by atoms with van der Waals surface area (Å²) in [6, 6.07) is 0. The molecule has 198 valence electrons. The van der Waals surface area contributed by atoms with E-state index in [1.807, 2.05) is 0 Å². The molecule has 2 N–H and O–H groups in total. The van der Waals surface area contributed by atoms with Crippen LogP contribution in [0.2, 0.25) is 0 Å². The summed E-state index contributed by atoms with van der Waals surface area (Å²) in [7, 11) is 1.44. The van der Waals surface area contributed by atoms with Crippen molar-refractivity contribution < 1.29 is 24.5 Å². The fraction of sp³-hybridized carbons (Fsp3) is 0.963. The van der Waals surface area contributed by atoms with Gasteiger partial charge in [0.25, 0.3) is 0 Å². The molecule has 4 saturated carbocycles. The standard InChI is InChI=1S/C27H45N3O5/c1-16(5-8-24(33)34-4)19-6-7-20-25-21(15-23(32)27(19,20)3)26(2)10-9-18(35-12-11-29-30-28)13-17(26)14-22(25)31/h16-23,25,31-32H,5-15H2,1-4H3/t16-,17+,18-,19-,20+,21+,22-,23+,25+,26+,27-/m1/s1. The Morgan fingerprint density at radius 2 is 1.94 bits per heavy atom. The van der Waals surface area contributed by atoms with Crippen LogP contribution in [0.25, 0.3) is 10.4 Å². The highest BCUT2D eigenvalue weighted by Crippen LogP contribution is 2.68. The quantitative estimate of drug-likeness (QED) is 0.165. The van der Waals surface area contributed by atoms with E-state index in [0.717, 1.165) is 51.4 Å². The molecule has 0 saturated heterocycles. The molecule has 0 heterocycles. The van der Waals surface area contributed by atoms with Gasteiger partial charge in [-0.3, -0.25) is 4.79 Å². The van der Waals surface area contributed by atoms with Gasteiger partial charge in [-0.1, -0.05) is 25.9 Å². The summed E-state index contributed by atoms with van der Waals surface area (Å²) in [5.74, 6) is 1.75. The van der Waals surface area contributed by atoms with E-state index in [9.17, 15) is 15.0 Å². The van der Waals surface area contributed by atoms with E-state index in [1.54, 1.807) is 0 Å². The van der Waals surface area contributed by atoms with Gasteiger partial charge < -0.3 is 19.7 Å². The maximum absolute atomic E-state index is 11.7. The second-order valence-electron chi connectivity index (χ2n) is 12.4. The van der Waals surface area contributed by atoms with E-state index in [1.165, 1.54) is 7.11 Å². The highest BCUT2D eigenvalue weighted by atomic mass is 16.5. The number of azide groups is 1. The lowest BCUT2D eigenvalue weighted by Gasteiger charge is -2.63. The smallest absolute Gasteiger partial charge is 0.305 e. The third-order valence-electron chi connectivity index (χ3n) is 11.1. The number of aliphatic hydroxyl groups is 2. The largest absolute Gasteiger partial charge is 0.469 e. The zero-order valence-electron chi connectivity index (χ0n) is 21.9. The second kappa shape index (κ2) is 10.6. The molecule has 8 nitrogen and oxygen atoms in total. The van der Waals surface area contributed by atoms with Gasteiger partial charge in [0.2, 0.25) is 0 Å². The summed E-state index contributed by atoms with van der Waals surface area (Å²) in [6.07, 6.45) is 7.24. The van der Waals surface area contributed by atoms with E-state index in [2.05, 4.69) is 30.8 Å². The Balaban J connectivity index is 1.48. The van der Waals surface area contributed by atoms with Crippen molar-refractivity contribution >= 4 is 5.97 Å². The van der Waals surface area contributed by atoms with Crippen molar-refractivity contribution in [1.29, 1.82) is 0 Å². The average molecular weight is 492 g/mol. The summed E-state index contributed by atoms with van der Waals surface area (Å²) in [4.78, 5) is 14.5. The minimum atomic E-state index is -0.387. The van der Waals surface area contributed by atoms with Crippen LogP contribution >= 0.6 is 0 Å². The summed E-state index contributed by atoms with van der Waals surface area (Å²) < 4.78 is 10.9. The number of aliphatic hydroxyl groups excluding tert-OH is 2. The van der Waals surface area contributed by atoms with Crippen LogP contribution in [0.5, 0.6) is 0 Å². The predicted molar refractivity (Wildman–Crippen MR) is 132 cm³/mol. The topological polar surface area (TPSA) is 125 Å². The molecule has 35 heavy (non-hydrogen) atoms. The van der Waals surface area contributed by atoms with Gasteiger partial charge in [0.05, 0.1) is 32.0 Å². The molecular weight excluding hydrogens is 446 g/mol. The first-order chi connectivity index (χ1) is 16.7. The van der Waals surface area contributed by atoms with E-state index >= 15 is 0 Å². The van der Waals surface area contributed by atoms with Crippen LogP contribution in [0.15, 0.2) is 5.11 Å². The SMILES string of the molecule is COC(=O)CC[C@@H](C)[C@H]1CC[C@H]2[C@@H]3[C@H](O)C[C@@H]4C[C@H](OCCN=[N+]=[N-])CC[C@]4(C)[C@H]3C[C@H](O)[C@]12C. The number of carbonyl (C=O) groups excluding carboxylic acids is 1. The number of ether oxygens (including phenoxy) is 2. The van der Waals surface area contributed by atoms with Gasteiger partial charge in [-0.2, -0.15) is 0 Å². The molecule has 0 radical (unpaired) electrons. The number of esters is 1. The van der Waals surface area contributed by atoms with Crippen molar-refractivity contribution in [2.45, 2.75) is 96.9 Å². The fourth-order valence-electron chi connectivity index (χ4n) is 9.22. The average Bonchev–Trinajstić information content (AvgIpc) is 3.20. The molecule has 0 bridgehead atoms. The number of hydrogen-bond donors (Lipinski definition) is 2. The van der Waals surface area contributed by atoms with E-state index in [4.69, 9.17) is 15.0 Å². The van der Waals surface area contributed by atoms with Gasteiger partial charge in [-0.05, 0) is 103 Å². The first-order valence-corrected chi connectivity index (χ1v) is 13.7. The lowest BCUT2D eigenvalue weighted by Crippen LogP contribution is -2.62. The van der Waals surface area contributed by atoms with Crippen LogP contribution in [-0.4, -0.2) is 54.8 Å². The van der Waals surface area contributed by atoms with Gasteiger partial charge in [0, 0.05) is 17.9 Å². The maximum Gasteiger partial charge on any atom is 0.305 e. The van der Waals surface area contributed by atoms with Gasteiger partial charge in [-0.25, -0.2) is 0 Å². The molecule has 0 spiro atoms. The van der Waals surface area contributed by atoms with Crippen molar-refractivity contribution in [2.75, 3.05) is 20.3 Å². The van der Waals surface area contributed by atoms with Crippen molar-refractivity contribution in [3.8, 4) is 0 Å². The molecule has 4 fully saturated rings. The van der Waals surface area contributed by atoms with Crippen molar-refractivity contribution in [2.24, 2.45) is 51.5 Å². The highest BCUT2D eigenvalue weighted by molar-refractivity contribution is 5.69. The molecule has 8 heteroatoms. The summed E-state index contributed by atoms with van der Waals surface area (Å²) in [6.45, 7) is 7.69. The Morgan fingerprint density at radius 1 is 1.17 bits per heavy atom. The van der Waals surface area contributed by atoms with Gasteiger partial charge in [-0.15, -0.1) is 0 Å². The molecule has 4 rings (SSSR count). The normalized spacial score (nSPS) is 45.4. The minimum Gasteiger partial charge on any atom is -0.469 e. The van der Waals surface area contributed by atoms with E-state index in [0.29, 0.717) is 49.2 Å².